The van der Waals surface area contributed by atoms with E-state index < -0.39 is 0 Å². The number of amides is 1. The number of para-hydroxylation sites is 1. The summed E-state index contributed by atoms with van der Waals surface area (Å²) in [5.41, 5.74) is 2.24. The van der Waals surface area contributed by atoms with E-state index in [1.807, 2.05) is 24.3 Å². The average molecular weight is 447 g/mol. The summed E-state index contributed by atoms with van der Waals surface area (Å²) in [6.07, 6.45) is 1.75. The molecule has 0 saturated heterocycles. The van der Waals surface area contributed by atoms with Gasteiger partial charge in [0.15, 0.2) is 5.13 Å². The molecule has 0 unspecified atom stereocenters. The van der Waals surface area contributed by atoms with Crippen molar-refractivity contribution in [2.45, 2.75) is 13.8 Å². The molecule has 0 saturated carbocycles. The first kappa shape index (κ1) is 22.2. The van der Waals surface area contributed by atoms with Gasteiger partial charge in [-0.25, -0.2) is 9.37 Å². The Bertz CT molecular complexity index is 1150. The van der Waals surface area contributed by atoms with Gasteiger partial charge < -0.3 is 9.88 Å². The van der Waals surface area contributed by atoms with Crippen LogP contribution in [0.3, 0.4) is 0 Å². The zero-order valence-electron chi connectivity index (χ0n) is 16.9. The van der Waals surface area contributed by atoms with Crippen LogP contribution < -0.4 is 4.90 Å². The molecule has 8 heteroatoms. The van der Waals surface area contributed by atoms with Gasteiger partial charge in [-0.15, -0.1) is 12.4 Å². The average Bonchev–Trinajstić information content (AvgIpc) is 3.34. The van der Waals surface area contributed by atoms with Crippen molar-refractivity contribution in [2.75, 3.05) is 31.1 Å². The molecule has 1 N–H and O–H groups in total. The molecular weight excluding hydrogens is 423 g/mol. The molecule has 2 aromatic heterocycles. The van der Waals surface area contributed by atoms with Crippen molar-refractivity contribution in [3.63, 3.8) is 0 Å². The predicted molar refractivity (Wildman–Crippen MR) is 125 cm³/mol. The predicted octanol–water partition coefficient (Wildman–Crippen LogP) is 5.33. The van der Waals surface area contributed by atoms with Gasteiger partial charge >= 0.3 is 0 Å². The fourth-order valence-electron chi connectivity index (χ4n) is 3.46. The fourth-order valence-corrected chi connectivity index (χ4v) is 4.48. The van der Waals surface area contributed by atoms with E-state index in [1.165, 1.54) is 23.5 Å². The van der Waals surface area contributed by atoms with Crippen LogP contribution in [0.5, 0.6) is 0 Å². The lowest BCUT2D eigenvalue weighted by atomic mass is 10.1. The number of aromatic nitrogens is 2. The van der Waals surface area contributed by atoms with E-state index in [-0.39, 0.29) is 24.1 Å². The van der Waals surface area contributed by atoms with Crippen LogP contribution in [0.25, 0.3) is 21.1 Å². The van der Waals surface area contributed by atoms with Gasteiger partial charge in [-0.3, -0.25) is 9.69 Å². The highest BCUT2D eigenvalue weighted by Gasteiger charge is 2.24. The molecule has 2 heterocycles. The minimum Gasteiger partial charge on any atom is -0.360 e. The lowest BCUT2D eigenvalue weighted by molar-refractivity contribution is 0.0985. The Morgan fingerprint density at radius 3 is 2.67 bits per heavy atom. The Morgan fingerprint density at radius 2 is 1.90 bits per heavy atom. The number of likely N-dealkylation sites (N-methyl/N-ethyl adjacent to an activating group) is 1. The molecule has 30 heavy (non-hydrogen) atoms. The third-order valence-electron chi connectivity index (χ3n) is 5.17. The van der Waals surface area contributed by atoms with Gasteiger partial charge in [0.25, 0.3) is 5.91 Å². The summed E-state index contributed by atoms with van der Waals surface area (Å²) < 4.78 is 14.4. The first-order valence-corrected chi connectivity index (χ1v) is 10.6. The number of hydrogen-bond donors (Lipinski definition) is 1. The van der Waals surface area contributed by atoms with Gasteiger partial charge in [0.1, 0.15) is 5.82 Å². The Kier molecular flexibility index (Phi) is 7.07. The van der Waals surface area contributed by atoms with Crippen LogP contribution >= 0.6 is 23.7 Å². The maximum Gasteiger partial charge on any atom is 0.262 e. The largest absolute Gasteiger partial charge is 0.360 e. The molecule has 0 atom stereocenters. The normalized spacial score (nSPS) is 11.2. The van der Waals surface area contributed by atoms with Gasteiger partial charge in [0.2, 0.25) is 0 Å². The number of halogens is 2. The molecule has 0 fully saturated rings. The zero-order chi connectivity index (χ0) is 20.4. The highest BCUT2D eigenvalue weighted by Crippen LogP contribution is 2.31. The SMILES string of the molecule is CCN(CC)CCN(C(=O)c1c[nH]c2ccccc12)c1nc2ccc(F)cc2s1.Cl. The highest BCUT2D eigenvalue weighted by molar-refractivity contribution is 7.22. The Labute approximate surface area is 184 Å². The molecule has 4 rings (SSSR count). The third-order valence-corrected chi connectivity index (χ3v) is 6.21. The highest BCUT2D eigenvalue weighted by atomic mass is 35.5. The van der Waals surface area contributed by atoms with Crippen LogP contribution in [-0.4, -0.2) is 47.0 Å². The molecule has 1 amide bonds. The molecule has 0 spiro atoms. The molecule has 0 aliphatic heterocycles. The number of fused-ring (bicyclic) bond motifs is 2. The maximum absolute atomic E-state index is 13.6. The van der Waals surface area contributed by atoms with Gasteiger partial charge in [-0.1, -0.05) is 43.4 Å². The van der Waals surface area contributed by atoms with E-state index in [2.05, 4.69) is 28.7 Å². The second-order valence-corrected chi connectivity index (χ2v) is 7.85. The molecule has 4 aromatic rings. The van der Waals surface area contributed by atoms with E-state index in [1.54, 1.807) is 17.2 Å². The molecular formula is C22H24ClFN4OS. The number of nitrogens with zero attached hydrogens (tertiary/aromatic N) is 3. The summed E-state index contributed by atoms with van der Waals surface area (Å²) in [6, 6.07) is 12.3. The Balaban J connectivity index is 0.00000256. The van der Waals surface area contributed by atoms with Crippen LogP contribution in [-0.2, 0) is 0 Å². The van der Waals surface area contributed by atoms with Crippen LogP contribution in [0.15, 0.2) is 48.7 Å². The number of thiazole rings is 1. The van der Waals surface area contributed by atoms with E-state index in [9.17, 15) is 9.18 Å². The smallest absolute Gasteiger partial charge is 0.262 e. The summed E-state index contributed by atoms with van der Waals surface area (Å²) in [7, 11) is 0. The van der Waals surface area contributed by atoms with Gasteiger partial charge in [0.05, 0.1) is 15.8 Å². The number of anilines is 1. The van der Waals surface area contributed by atoms with Crippen LogP contribution in [0.1, 0.15) is 24.2 Å². The first-order chi connectivity index (χ1) is 14.1. The van der Waals surface area contributed by atoms with E-state index in [0.717, 1.165) is 35.2 Å². The van der Waals surface area contributed by atoms with Crippen molar-refractivity contribution in [3.05, 3.63) is 60.0 Å². The lowest BCUT2D eigenvalue weighted by Gasteiger charge is -2.24. The van der Waals surface area contributed by atoms with Gasteiger partial charge in [-0.2, -0.15) is 0 Å². The molecule has 2 aromatic carbocycles. The number of carbonyl (C=O) groups is 1. The van der Waals surface area contributed by atoms with Gasteiger partial charge in [0, 0.05) is 30.2 Å². The fraction of sp³-hybridized carbons (Fsp3) is 0.273. The Hall–Kier alpha value is -2.48. The standard InChI is InChI=1S/C22H23FN4OS.ClH/c1-3-26(4-2)11-12-27(22-25-19-10-9-15(23)13-20(19)29-22)21(28)17-14-24-18-8-6-5-7-16(17)18;/h5-10,13-14,24H,3-4,11-12H2,1-2H3;1H. The van der Waals surface area contributed by atoms with E-state index in [4.69, 9.17) is 0 Å². The van der Waals surface area contributed by atoms with Crippen molar-refractivity contribution in [1.29, 1.82) is 0 Å². The van der Waals surface area contributed by atoms with Crippen LogP contribution in [0.2, 0.25) is 0 Å². The number of aromatic amines is 1. The third kappa shape index (κ3) is 4.33. The zero-order valence-corrected chi connectivity index (χ0v) is 18.5. The summed E-state index contributed by atoms with van der Waals surface area (Å²) in [5, 5.41) is 1.48. The molecule has 0 aliphatic rings. The number of hydrogen-bond acceptors (Lipinski definition) is 4. The minimum absolute atomic E-state index is 0. The molecule has 0 aliphatic carbocycles. The second-order valence-electron chi connectivity index (χ2n) is 6.84. The van der Waals surface area contributed by atoms with Crippen molar-refractivity contribution in [3.8, 4) is 0 Å². The van der Waals surface area contributed by atoms with E-state index >= 15 is 0 Å². The second kappa shape index (κ2) is 9.55. The summed E-state index contributed by atoms with van der Waals surface area (Å²) >= 11 is 1.34. The van der Waals surface area contributed by atoms with Crippen LogP contribution in [0, 0.1) is 5.82 Å². The number of H-pyrrole nitrogens is 1. The van der Waals surface area contributed by atoms with E-state index in [0.29, 0.717) is 22.8 Å². The maximum atomic E-state index is 13.6. The van der Waals surface area contributed by atoms with Crippen LogP contribution in [0.4, 0.5) is 9.52 Å². The molecule has 0 radical (unpaired) electrons. The molecule has 5 nitrogen and oxygen atoms in total. The van der Waals surface area contributed by atoms with Gasteiger partial charge in [-0.05, 0) is 37.4 Å². The van der Waals surface area contributed by atoms with Crippen molar-refractivity contribution in [2.24, 2.45) is 0 Å². The summed E-state index contributed by atoms with van der Waals surface area (Å²) in [5.74, 6) is -0.403. The first-order valence-electron chi connectivity index (χ1n) is 9.77. The number of rotatable bonds is 7. The molecule has 0 bridgehead atoms. The van der Waals surface area contributed by atoms with Crippen molar-refractivity contribution >= 4 is 55.9 Å². The number of nitrogens with one attached hydrogen (secondary N) is 1. The van der Waals surface area contributed by atoms with Crippen molar-refractivity contribution < 1.29 is 9.18 Å². The number of carbonyl (C=O) groups excluding carboxylic acids is 1. The minimum atomic E-state index is -0.301. The molecule has 158 valence electrons. The number of benzene rings is 2. The monoisotopic (exact) mass is 446 g/mol. The Morgan fingerprint density at radius 1 is 1.13 bits per heavy atom. The summed E-state index contributed by atoms with van der Waals surface area (Å²) in [4.78, 5) is 25.3. The van der Waals surface area contributed by atoms with Crippen molar-refractivity contribution in [1.82, 2.24) is 14.9 Å². The summed E-state index contributed by atoms with van der Waals surface area (Å²) in [6.45, 7) is 7.30. The quantitative estimate of drug-likeness (QED) is 0.417. The topological polar surface area (TPSA) is 52.2 Å². The lowest BCUT2D eigenvalue weighted by Crippen LogP contribution is -2.38.